The van der Waals surface area contributed by atoms with E-state index >= 15 is 0 Å². The predicted octanol–water partition coefficient (Wildman–Crippen LogP) is -0.558. The predicted molar refractivity (Wildman–Crippen MR) is 70.0 cm³/mol. The van der Waals surface area contributed by atoms with Crippen LogP contribution in [0.5, 0.6) is 0 Å². The molecule has 7 nitrogen and oxygen atoms in total. The number of nitrogens with two attached hydrogens (primary N) is 2. The fourth-order valence-corrected chi connectivity index (χ4v) is 1.85. The second-order valence-corrected chi connectivity index (χ2v) is 5.06. The molecule has 0 fully saturated rings. The molecule has 0 bridgehead atoms. The van der Waals surface area contributed by atoms with Crippen LogP contribution in [0.15, 0.2) is 0 Å². The van der Waals surface area contributed by atoms with Gasteiger partial charge in [0.15, 0.2) is 0 Å². The third-order valence-corrected chi connectivity index (χ3v) is 2.65. The zero-order valence-corrected chi connectivity index (χ0v) is 11.4. The minimum absolute atomic E-state index is 0.00280. The SMILES string of the molecule is CC(C)CC(CN)CC(=O)N[C@@H](CC(N)=O)C(=O)O. The van der Waals surface area contributed by atoms with E-state index in [4.69, 9.17) is 16.6 Å². The van der Waals surface area contributed by atoms with Gasteiger partial charge in [0.25, 0.3) is 0 Å². The highest BCUT2D eigenvalue weighted by atomic mass is 16.4. The molecule has 7 heteroatoms. The van der Waals surface area contributed by atoms with Crippen LogP contribution in [0.1, 0.15) is 33.1 Å². The van der Waals surface area contributed by atoms with Crippen LogP contribution in [0.2, 0.25) is 0 Å². The summed E-state index contributed by atoms with van der Waals surface area (Å²) >= 11 is 0. The number of nitrogens with one attached hydrogen (secondary N) is 1. The normalized spacial score (nSPS) is 13.9. The van der Waals surface area contributed by atoms with Crippen molar-refractivity contribution in [2.75, 3.05) is 6.54 Å². The summed E-state index contributed by atoms with van der Waals surface area (Å²) in [6.45, 7) is 4.40. The maximum Gasteiger partial charge on any atom is 0.326 e. The van der Waals surface area contributed by atoms with Crippen molar-refractivity contribution >= 4 is 17.8 Å². The van der Waals surface area contributed by atoms with E-state index < -0.39 is 30.2 Å². The second kappa shape index (κ2) is 8.47. The molecule has 0 saturated heterocycles. The number of hydrogen-bond donors (Lipinski definition) is 4. The number of carbonyl (C=O) groups is 3. The Morgan fingerprint density at radius 1 is 1.21 bits per heavy atom. The molecule has 2 amide bonds. The highest BCUT2D eigenvalue weighted by Crippen LogP contribution is 2.14. The van der Waals surface area contributed by atoms with Gasteiger partial charge in [-0.1, -0.05) is 13.8 Å². The fraction of sp³-hybridized carbons (Fsp3) is 0.750. The van der Waals surface area contributed by atoms with Gasteiger partial charge in [-0.15, -0.1) is 0 Å². The number of carboxylic acid groups (broad SMARTS) is 1. The lowest BCUT2D eigenvalue weighted by Crippen LogP contribution is -2.44. The van der Waals surface area contributed by atoms with Crippen molar-refractivity contribution in [1.29, 1.82) is 0 Å². The first kappa shape index (κ1) is 17.4. The Hall–Kier alpha value is -1.63. The van der Waals surface area contributed by atoms with Crippen molar-refractivity contribution < 1.29 is 19.5 Å². The molecule has 0 aliphatic carbocycles. The van der Waals surface area contributed by atoms with Crippen LogP contribution in [0.25, 0.3) is 0 Å². The Bertz CT molecular complexity index is 331. The molecule has 0 aromatic carbocycles. The van der Waals surface area contributed by atoms with Crippen molar-refractivity contribution in [3.05, 3.63) is 0 Å². The molecule has 0 aliphatic heterocycles. The standard InChI is InChI=1S/C12H23N3O4/c1-7(2)3-8(6-13)4-11(17)15-9(12(18)19)5-10(14)16/h7-9H,3-6,13H2,1-2H3,(H2,14,16)(H,15,17)(H,18,19)/t8?,9-/m0/s1. The van der Waals surface area contributed by atoms with E-state index in [0.29, 0.717) is 12.5 Å². The van der Waals surface area contributed by atoms with Crippen molar-refractivity contribution in [2.24, 2.45) is 23.3 Å². The van der Waals surface area contributed by atoms with E-state index in [2.05, 4.69) is 5.32 Å². The number of primary amides is 1. The van der Waals surface area contributed by atoms with Gasteiger partial charge in [-0.3, -0.25) is 9.59 Å². The van der Waals surface area contributed by atoms with Gasteiger partial charge in [-0.25, -0.2) is 4.79 Å². The largest absolute Gasteiger partial charge is 0.480 e. The molecular formula is C12H23N3O4. The van der Waals surface area contributed by atoms with Gasteiger partial charge in [-0.2, -0.15) is 0 Å². The van der Waals surface area contributed by atoms with E-state index in [1.54, 1.807) is 0 Å². The second-order valence-electron chi connectivity index (χ2n) is 5.06. The van der Waals surface area contributed by atoms with Crippen molar-refractivity contribution in [3.63, 3.8) is 0 Å². The van der Waals surface area contributed by atoms with Gasteiger partial charge >= 0.3 is 5.97 Å². The average molecular weight is 273 g/mol. The lowest BCUT2D eigenvalue weighted by atomic mass is 9.94. The third kappa shape index (κ3) is 8.15. The van der Waals surface area contributed by atoms with Crippen molar-refractivity contribution in [1.82, 2.24) is 5.32 Å². The van der Waals surface area contributed by atoms with Crippen LogP contribution in [0, 0.1) is 11.8 Å². The van der Waals surface area contributed by atoms with Gasteiger partial charge in [-0.05, 0) is 24.8 Å². The Kier molecular flexibility index (Phi) is 7.74. The maximum absolute atomic E-state index is 11.7. The Morgan fingerprint density at radius 2 is 1.79 bits per heavy atom. The van der Waals surface area contributed by atoms with Gasteiger partial charge in [0.1, 0.15) is 6.04 Å². The minimum Gasteiger partial charge on any atom is -0.480 e. The molecule has 0 spiro atoms. The average Bonchev–Trinajstić information content (AvgIpc) is 2.25. The van der Waals surface area contributed by atoms with Crippen LogP contribution >= 0.6 is 0 Å². The number of hydrogen-bond acceptors (Lipinski definition) is 4. The maximum atomic E-state index is 11.7. The summed E-state index contributed by atoms with van der Waals surface area (Å²) in [6.07, 6.45) is 0.521. The molecule has 110 valence electrons. The first-order valence-electron chi connectivity index (χ1n) is 6.26. The molecule has 0 aromatic heterocycles. The molecule has 0 radical (unpaired) electrons. The van der Waals surface area contributed by atoms with E-state index in [-0.39, 0.29) is 12.3 Å². The smallest absolute Gasteiger partial charge is 0.326 e. The monoisotopic (exact) mass is 273 g/mol. The summed E-state index contributed by atoms with van der Waals surface area (Å²) in [7, 11) is 0. The molecule has 1 unspecified atom stereocenters. The zero-order valence-electron chi connectivity index (χ0n) is 11.4. The molecule has 6 N–H and O–H groups in total. The Morgan fingerprint density at radius 3 is 2.16 bits per heavy atom. The van der Waals surface area contributed by atoms with E-state index in [0.717, 1.165) is 6.42 Å². The zero-order chi connectivity index (χ0) is 15.0. The van der Waals surface area contributed by atoms with E-state index in [1.807, 2.05) is 13.8 Å². The van der Waals surface area contributed by atoms with Crippen LogP contribution in [-0.4, -0.2) is 35.5 Å². The molecule has 0 saturated carbocycles. The Balaban J connectivity index is 4.39. The summed E-state index contributed by atoms with van der Waals surface area (Å²) in [5.41, 5.74) is 10.5. The molecule has 19 heavy (non-hydrogen) atoms. The number of amides is 2. The molecule has 0 rings (SSSR count). The first-order chi connectivity index (χ1) is 8.76. The van der Waals surface area contributed by atoms with E-state index in [9.17, 15) is 14.4 Å². The van der Waals surface area contributed by atoms with Crippen LogP contribution in [0.3, 0.4) is 0 Å². The van der Waals surface area contributed by atoms with E-state index in [1.165, 1.54) is 0 Å². The molecular weight excluding hydrogens is 250 g/mol. The van der Waals surface area contributed by atoms with Gasteiger partial charge in [0, 0.05) is 6.42 Å². The third-order valence-electron chi connectivity index (χ3n) is 2.65. The highest BCUT2D eigenvalue weighted by Gasteiger charge is 2.23. The Labute approximate surface area is 112 Å². The highest BCUT2D eigenvalue weighted by molar-refractivity contribution is 5.88. The lowest BCUT2D eigenvalue weighted by Gasteiger charge is -2.18. The summed E-state index contributed by atoms with van der Waals surface area (Å²) in [4.78, 5) is 33.3. The summed E-state index contributed by atoms with van der Waals surface area (Å²) in [6, 6.07) is -1.28. The molecule has 0 heterocycles. The quantitative estimate of drug-likeness (QED) is 0.446. The topological polar surface area (TPSA) is 136 Å². The number of carbonyl (C=O) groups excluding carboxylic acids is 2. The minimum atomic E-state index is -1.28. The van der Waals surface area contributed by atoms with Crippen LogP contribution in [-0.2, 0) is 14.4 Å². The lowest BCUT2D eigenvalue weighted by molar-refractivity contribution is -0.143. The first-order valence-corrected chi connectivity index (χ1v) is 6.26. The number of rotatable bonds is 9. The number of carboxylic acids is 1. The van der Waals surface area contributed by atoms with Gasteiger partial charge in [0.05, 0.1) is 6.42 Å². The molecule has 2 atom stereocenters. The van der Waals surface area contributed by atoms with Gasteiger partial charge < -0.3 is 21.9 Å². The number of aliphatic carboxylic acids is 1. The van der Waals surface area contributed by atoms with Gasteiger partial charge in [0.2, 0.25) is 11.8 Å². The van der Waals surface area contributed by atoms with Crippen molar-refractivity contribution in [2.45, 2.75) is 39.2 Å². The molecule has 0 aromatic rings. The fourth-order valence-electron chi connectivity index (χ4n) is 1.85. The summed E-state index contributed by atoms with van der Waals surface area (Å²) in [5.74, 6) is -2.07. The summed E-state index contributed by atoms with van der Waals surface area (Å²) in [5, 5.41) is 11.2. The van der Waals surface area contributed by atoms with Crippen molar-refractivity contribution in [3.8, 4) is 0 Å². The van der Waals surface area contributed by atoms with Crippen LogP contribution < -0.4 is 16.8 Å². The summed E-state index contributed by atoms with van der Waals surface area (Å²) < 4.78 is 0. The molecule has 0 aliphatic rings. The van der Waals surface area contributed by atoms with Crippen LogP contribution in [0.4, 0.5) is 0 Å².